The third kappa shape index (κ3) is 3.59. The monoisotopic (exact) mass is 346 g/mol. The van der Waals surface area contributed by atoms with Crippen LogP contribution in [0, 0.1) is 6.92 Å². The third-order valence-electron chi connectivity index (χ3n) is 4.02. The van der Waals surface area contributed by atoms with E-state index in [1.54, 1.807) is 11.0 Å². The van der Waals surface area contributed by atoms with Crippen LogP contribution in [-0.2, 0) is 16.0 Å². The number of para-hydroxylation sites is 1. The van der Waals surface area contributed by atoms with Crippen LogP contribution >= 0.6 is 11.6 Å². The Labute approximate surface area is 145 Å². The van der Waals surface area contributed by atoms with Crippen molar-refractivity contribution in [1.29, 1.82) is 0 Å². The lowest BCUT2D eigenvalue weighted by Gasteiger charge is -2.33. The van der Waals surface area contributed by atoms with Crippen molar-refractivity contribution in [3.05, 3.63) is 46.7 Å². The lowest BCUT2D eigenvalue weighted by atomic mass is 10.0. The summed E-state index contributed by atoms with van der Waals surface area (Å²) >= 11 is 6.19. The fourth-order valence-corrected chi connectivity index (χ4v) is 3.13. The summed E-state index contributed by atoms with van der Waals surface area (Å²) in [6.45, 7) is 2.48. The molecule has 0 saturated carbocycles. The quantitative estimate of drug-likeness (QED) is 0.891. The van der Waals surface area contributed by atoms with Gasteiger partial charge in [0.2, 0.25) is 11.8 Å². The smallest absolute Gasteiger partial charge is 0.249 e. The fraction of sp³-hybridized carbons (Fsp3) is 0.353. The number of piperidine rings is 1. The molecule has 1 saturated heterocycles. The SMILES string of the molecule is Cc1cc(CC(=O)N[C@H]2CCCN(c3ccccc3Cl)C2=O)n[nH]1. The zero-order chi connectivity index (χ0) is 17.1. The van der Waals surface area contributed by atoms with Crippen molar-refractivity contribution in [3.8, 4) is 0 Å². The standard InChI is InChI=1S/C17H19ClN4O2/c1-11-9-12(21-20-11)10-16(23)19-14-6-4-8-22(17(14)24)15-7-3-2-5-13(15)18/h2-3,5,7,9,14H,4,6,8,10H2,1H3,(H,19,23)(H,20,21)/t14-/m0/s1. The first kappa shape index (κ1) is 16.5. The van der Waals surface area contributed by atoms with E-state index < -0.39 is 6.04 Å². The number of aromatic nitrogens is 2. The highest BCUT2D eigenvalue weighted by Crippen LogP contribution is 2.28. The highest BCUT2D eigenvalue weighted by molar-refractivity contribution is 6.33. The van der Waals surface area contributed by atoms with E-state index in [4.69, 9.17) is 11.6 Å². The summed E-state index contributed by atoms with van der Waals surface area (Å²) in [4.78, 5) is 26.5. The first-order valence-electron chi connectivity index (χ1n) is 7.91. The van der Waals surface area contributed by atoms with Crippen LogP contribution in [0.15, 0.2) is 30.3 Å². The number of hydrogen-bond donors (Lipinski definition) is 2. The van der Waals surface area contributed by atoms with E-state index >= 15 is 0 Å². The molecule has 0 bridgehead atoms. The molecule has 1 aromatic heterocycles. The van der Waals surface area contributed by atoms with Crippen LogP contribution in [0.1, 0.15) is 24.2 Å². The molecular weight excluding hydrogens is 328 g/mol. The lowest BCUT2D eigenvalue weighted by molar-refractivity contribution is -0.128. The third-order valence-corrected chi connectivity index (χ3v) is 4.34. The molecule has 3 rings (SSSR count). The van der Waals surface area contributed by atoms with E-state index in [0.717, 1.165) is 12.1 Å². The van der Waals surface area contributed by atoms with Gasteiger partial charge in [-0.25, -0.2) is 0 Å². The van der Waals surface area contributed by atoms with E-state index in [1.165, 1.54) is 0 Å². The van der Waals surface area contributed by atoms with Gasteiger partial charge in [-0.05, 0) is 38.0 Å². The Bertz CT molecular complexity index is 759. The Morgan fingerprint density at radius 1 is 1.46 bits per heavy atom. The van der Waals surface area contributed by atoms with Gasteiger partial charge >= 0.3 is 0 Å². The number of rotatable bonds is 4. The number of H-pyrrole nitrogens is 1. The molecule has 0 radical (unpaired) electrons. The number of aromatic amines is 1. The molecule has 7 heteroatoms. The lowest BCUT2D eigenvalue weighted by Crippen LogP contribution is -2.52. The van der Waals surface area contributed by atoms with E-state index in [1.807, 2.05) is 31.2 Å². The summed E-state index contributed by atoms with van der Waals surface area (Å²) in [6.07, 6.45) is 1.59. The average Bonchev–Trinajstić information content (AvgIpc) is 2.95. The Morgan fingerprint density at radius 3 is 2.96 bits per heavy atom. The number of nitrogens with zero attached hydrogens (tertiary/aromatic N) is 2. The van der Waals surface area contributed by atoms with E-state index in [2.05, 4.69) is 15.5 Å². The first-order chi connectivity index (χ1) is 11.5. The first-order valence-corrected chi connectivity index (χ1v) is 8.28. The van der Waals surface area contributed by atoms with Gasteiger partial charge in [-0.15, -0.1) is 0 Å². The minimum absolute atomic E-state index is 0.124. The second-order valence-electron chi connectivity index (χ2n) is 5.92. The van der Waals surface area contributed by atoms with Gasteiger partial charge < -0.3 is 10.2 Å². The number of carbonyl (C=O) groups is 2. The normalized spacial score (nSPS) is 17.8. The summed E-state index contributed by atoms with van der Waals surface area (Å²) in [5, 5.41) is 10.2. The second kappa shape index (κ2) is 7.05. The second-order valence-corrected chi connectivity index (χ2v) is 6.33. The minimum Gasteiger partial charge on any atom is -0.344 e. The molecule has 1 atom stereocenters. The zero-order valence-corrected chi connectivity index (χ0v) is 14.1. The number of nitrogens with one attached hydrogen (secondary N) is 2. The van der Waals surface area contributed by atoms with Crippen molar-refractivity contribution in [2.75, 3.05) is 11.4 Å². The summed E-state index contributed by atoms with van der Waals surface area (Å²) in [6, 6.07) is 8.53. The number of halogens is 1. The molecule has 1 aliphatic rings. The van der Waals surface area contributed by atoms with E-state index in [9.17, 15) is 9.59 Å². The van der Waals surface area contributed by atoms with E-state index in [-0.39, 0.29) is 18.2 Å². The van der Waals surface area contributed by atoms with Crippen LogP contribution in [0.25, 0.3) is 0 Å². The molecule has 0 aliphatic carbocycles. The predicted molar refractivity (Wildman–Crippen MR) is 92.0 cm³/mol. The van der Waals surface area contributed by atoms with Gasteiger partial charge in [-0.2, -0.15) is 5.10 Å². The molecule has 0 unspecified atom stereocenters. The molecule has 6 nitrogen and oxygen atoms in total. The zero-order valence-electron chi connectivity index (χ0n) is 13.4. The number of benzene rings is 1. The number of aryl methyl sites for hydroxylation is 1. The summed E-state index contributed by atoms with van der Waals surface area (Å²) in [7, 11) is 0. The highest BCUT2D eigenvalue weighted by Gasteiger charge is 2.31. The van der Waals surface area contributed by atoms with Gasteiger partial charge in [-0.3, -0.25) is 14.7 Å². The van der Waals surface area contributed by atoms with Gasteiger partial charge in [0.25, 0.3) is 0 Å². The van der Waals surface area contributed by atoms with Crippen LogP contribution in [0.2, 0.25) is 5.02 Å². The number of amides is 2. The van der Waals surface area contributed by atoms with Crippen molar-refractivity contribution >= 4 is 29.1 Å². The van der Waals surface area contributed by atoms with Crippen LogP contribution in [-0.4, -0.2) is 34.6 Å². The maximum absolute atomic E-state index is 12.7. The number of carbonyl (C=O) groups excluding carboxylic acids is 2. The molecule has 2 heterocycles. The van der Waals surface area contributed by atoms with Gasteiger partial charge in [0, 0.05) is 12.2 Å². The number of anilines is 1. The Kier molecular flexibility index (Phi) is 4.85. The maximum atomic E-state index is 12.7. The van der Waals surface area contributed by atoms with Gasteiger partial charge in [0.15, 0.2) is 0 Å². The fourth-order valence-electron chi connectivity index (χ4n) is 2.89. The molecule has 1 fully saturated rings. The van der Waals surface area contributed by atoms with E-state index in [0.29, 0.717) is 29.4 Å². The predicted octanol–water partition coefficient (Wildman–Crippen LogP) is 2.23. The topological polar surface area (TPSA) is 78.1 Å². The van der Waals surface area contributed by atoms with Crippen molar-refractivity contribution in [3.63, 3.8) is 0 Å². The molecule has 24 heavy (non-hydrogen) atoms. The molecule has 2 N–H and O–H groups in total. The van der Waals surface area contributed by atoms with Crippen molar-refractivity contribution < 1.29 is 9.59 Å². The Morgan fingerprint density at radius 2 is 2.25 bits per heavy atom. The van der Waals surface area contributed by atoms with Gasteiger partial charge in [0.05, 0.1) is 22.8 Å². The molecule has 0 spiro atoms. The summed E-state index contributed by atoms with van der Waals surface area (Å²) < 4.78 is 0. The van der Waals surface area contributed by atoms with Gasteiger partial charge in [-0.1, -0.05) is 23.7 Å². The molecule has 1 aromatic carbocycles. The Hall–Kier alpha value is -2.34. The summed E-state index contributed by atoms with van der Waals surface area (Å²) in [5.41, 5.74) is 2.25. The molecular formula is C17H19ClN4O2. The minimum atomic E-state index is -0.525. The van der Waals surface area contributed by atoms with Crippen LogP contribution in [0.5, 0.6) is 0 Å². The maximum Gasteiger partial charge on any atom is 0.249 e. The molecule has 2 aromatic rings. The molecule has 126 valence electrons. The van der Waals surface area contributed by atoms with Crippen molar-refractivity contribution in [2.45, 2.75) is 32.2 Å². The highest BCUT2D eigenvalue weighted by atomic mass is 35.5. The Balaban J connectivity index is 1.67. The van der Waals surface area contributed by atoms with Crippen molar-refractivity contribution in [2.24, 2.45) is 0 Å². The van der Waals surface area contributed by atoms with Crippen LogP contribution in [0.4, 0.5) is 5.69 Å². The van der Waals surface area contributed by atoms with Gasteiger partial charge in [0.1, 0.15) is 6.04 Å². The number of hydrogen-bond acceptors (Lipinski definition) is 3. The largest absolute Gasteiger partial charge is 0.344 e. The summed E-state index contributed by atoms with van der Waals surface area (Å²) in [5.74, 6) is -0.332. The average molecular weight is 347 g/mol. The molecule has 1 aliphatic heterocycles. The van der Waals surface area contributed by atoms with Crippen molar-refractivity contribution in [1.82, 2.24) is 15.5 Å². The van der Waals surface area contributed by atoms with Crippen LogP contribution < -0.4 is 10.2 Å². The van der Waals surface area contributed by atoms with Crippen LogP contribution in [0.3, 0.4) is 0 Å². The molecule has 2 amide bonds.